The van der Waals surface area contributed by atoms with E-state index in [1.807, 2.05) is 53.4 Å². The molecule has 7 nitrogen and oxygen atoms in total. The first-order valence-electron chi connectivity index (χ1n) is 12.3. The van der Waals surface area contributed by atoms with Crippen LogP contribution in [0.15, 0.2) is 72.8 Å². The molecule has 1 fully saturated rings. The summed E-state index contributed by atoms with van der Waals surface area (Å²) < 4.78 is 33.8. The number of nitrogens with one attached hydrogen (secondary N) is 1. The maximum Gasteiger partial charge on any atom is 0.240 e. The van der Waals surface area contributed by atoms with Crippen LogP contribution in [0.1, 0.15) is 17.5 Å². The minimum atomic E-state index is -0.208. The quantitative estimate of drug-likeness (QED) is 0.381. The van der Waals surface area contributed by atoms with Crippen molar-refractivity contribution < 1.29 is 28.1 Å². The molecule has 1 aliphatic heterocycles. The van der Waals surface area contributed by atoms with Gasteiger partial charge in [-0.05, 0) is 47.5 Å². The number of benzene rings is 3. The summed E-state index contributed by atoms with van der Waals surface area (Å²) in [4.78, 5) is 13.7. The SMILES string of the molecule is COCc1ccc(F)cc1.COc1ccccc1OCCCOCc1ccc(N2CCNCC2=O)cc1. The number of halogens is 1. The number of anilines is 1. The number of hydrogen-bond acceptors (Lipinski definition) is 6. The second-order valence-electron chi connectivity index (χ2n) is 8.35. The highest BCUT2D eigenvalue weighted by Gasteiger charge is 2.18. The molecule has 0 radical (unpaired) electrons. The molecule has 1 N–H and O–H groups in total. The fraction of sp³-hybridized carbons (Fsp3) is 0.345. The first kappa shape index (κ1) is 28.1. The summed E-state index contributed by atoms with van der Waals surface area (Å²) in [5, 5.41) is 3.08. The molecule has 1 saturated heterocycles. The van der Waals surface area contributed by atoms with Crippen LogP contribution in [0.5, 0.6) is 11.5 Å². The third-order valence-electron chi connectivity index (χ3n) is 5.59. The normalized spacial score (nSPS) is 13.1. The fourth-order valence-electron chi connectivity index (χ4n) is 3.67. The Bertz CT molecular complexity index is 1080. The second kappa shape index (κ2) is 15.6. The molecule has 3 aromatic carbocycles. The monoisotopic (exact) mass is 510 g/mol. The van der Waals surface area contributed by atoms with E-state index in [1.165, 1.54) is 12.1 Å². The van der Waals surface area contributed by atoms with Crippen LogP contribution >= 0.6 is 0 Å². The number of hydrogen-bond donors (Lipinski definition) is 1. The number of para-hydroxylation sites is 2. The van der Waals surface area contributed by atoms with Gasteiger partial charge in [0.1, 0.15) is 5.82 Å². The van der Waals surface area contributed by atoms with Crippen LogP contribution in [0.3, 0.4) is 0 Å². The van der Waals surface area contributed by atoms with E-state index < -0.39 is 0 Å². The lowest BCUT2D eigenvalue weighted by molar-refractivity contribution is -0.118. The van der Waals surface area contributed by atoms with E-state index in [9.17, 15) is 9.18 Å². The van der Waals surface area contributed by atoms with Crippen LogP contribution in [0.4, 0.5) is 10.1 Å². The minimum absolute atomic E-state index is 0.111. The van der Waals surface area contributed by atoms with E-state index >= 15 is 0 Å². The molecule has 1 aliphatic rings. The number of methoxy groups -OCH3 is 2. The van der Waals surface area contributed by atoms with Crippen molar-refractivity contribution in [2.45, 2.75) is 19.6 Å². The Morgan fingerprint density at radius 2 is 1.54 bits per heavy atom. The Balaban J connectivity index is 0.000000319. The summed E-state index contributed by atoms with van der Waals surface area (Å²) in [5.41, 5.74) is 3.02. The van der Waals surface area contributed by atoms with E-state index in [2.05, 4.69) is 5.32 Å². The highest BCUT2D eigenvalue weighted by atomic mass is 19.1. The number of amides is 1. The van der Waals surface area contributed by atoms with Gasteiger partial charge in [-0.25, -0.2) is 4.39 Å². The van der Waals surface area contributed by atoms with Gasteiger partial charge in [-0.15, -0.1) is 0 Å². The zero-order valence-corrected chi connectivity index (χ0v) is 21.5. The number of ether oxygens (including phenoxy) is 4. The molecule has 1 heterocycles. The molecule has 37 heavy (non-hydrogen) atoms. The third-order valence-corrected chi connectivity index (χ3v) is 5.59. The van der Waals surface area contributed by atoms with Crippen molar-refractivity contribution in [3.8, 4) is 11.5 Å². The van der Waals surface area contributed by atoms with Crippen molar-refractivity contribution in [1.82, 2.24) is 5.32 Å². The van der Waals surface area contributed by atoms with E-state index in [4.69, 9.17) is 18.9 Å². The molecule has 198 valence electrons. The van der Waals surface area contributed by atoms with Gasteiger partial charge >= 0.3 is 0 Å². The molecule has 0 unspecified atom stereocenters. The third kappa shape index (κ3) is 9.49. The Kier molecular flexibility index (Phi) is 11.9. The molecule has 0 spiro atoms. The number of carbonyl (C=O) groups excluding carboxylic acids is 1. The smallest absolute Gasteiger partial charge is 0.240 e. The van der Waals surface area contributed by atoms with Crippen molar-refractivity contribution in [2.75, 3.05) is 52.0 Å². The summed E-state index contributed by atoms with van der Waals surface area (Å²) in [7, 11) is 3.25. The summed E-state index contributed by atoms with van der Waals surface area (Å²) in [6.07, 6.45) is 0.797. The van der Waals surface area contributed by atoms with Gasteiger partial charge in [0.05, 0.1) is 40.1 Å². The van der Waals surface area contributed by atoms with Crippen molar-refractivity contribution in [2.24, 2.45) is 0 Å². The maximum atomic E-state index is 12.3. The van der Waals surface area contributed by atoms with Crippen molar-refractivity contribution in [3.05, 3.63) is 89.7 Å². The van der Waals surface area contributed by atoms with Gasteiger partial charge in [0.25, 0.3) is 0 Å². The van der Waals surface area contributed by atoms with Gasteiger partial charge in [0.15, 0.2) is 11.5 Å². The first-order chi connectivity index (χ1) is 18.1. The highest BCUT2D eigenvalue weighted by molar-refractivity contribution is 5.95. The van der Waals surface area contributed by atoms with Crippen molar-refractivity contribution in [1.29, 1.82) is 0 Å². The average molecular weight is 511 g/mol. The topological polar surface area (TPSA) is 69.3 Å². The predicted molar refractivity (Wildman–Crippen MR) is 142 cm³/mol. The molecule has 1 amide bonds. The van der Waals surface area contributed by atoms with Crippen molar-refractivity contribution >= 4 is 11.6 Å². The lowest BCUT2D eigenvalue weighted by Gasteiger charge is -2.27. The Hall–Kier alpha value is -3.46. The fourth-order valence-corrected chi connectivity index (χ4v) is 3.67. The molecular weight excluding hydrogens is 475 g/mol. The zero-order valence-electron chi connectivity index (χ0n) is 21.5. The average Bonchev–Trinajstić information content (AvgIpc) is 2.93. The predicted octanol–water partition coefficient (Wildman–Crippen LogP) is 4.59. The molecule has 0 aliphatic carbocycles. The molecule has 0 aromatic heterocycles. The Morgan fingerprint density at radius 1 is 0.865 bits per heavy atom. The summed E-state index contributed by atoms with van der Waals surface area (Å²) in [6.45, 7) is 4.22. The van der Waals surface area contributed by atoms with E-state index in [0.717, 1.165) is 41.3 Å². The Labute approximate surface area is 218 Å². The molecule has 8 heteroatoms. The lowest BCUT2D eigenvalue weighted by Crippen LogP contribution is -2.48. The van der Waals surface area contributed by atoms with Gasteiger partial charge in [0, 0.05) is 32.3 Å². The lowest BCUT2D eigenvalue weighted by atomic mass is 10.2. The second-order valence-corrected chi connectivity index (χ2v) is 8.35. The highest BCUT2D eigenvalue weighted by Crippen LogP contribution is 2.25. The molecule has 3 aromatic rings. The Morgan fingerprint density at radius 3 is 2.22 bits per heavy atom. The number of rotatable bonds is 11. The van der Waals surface area contributed by atoms with Crippen LogP contribution in [-0.4, -0.2) is 53.0 Å². The molecule has 0 saturated carbocycles. The summed E-state index contributed by atoms with van der Waals surface area (Å²) in [6, 6.07) is 21.9. The number of carbonyl (C=O) groups is 1. The van der Waals surface area contributed by atoms with Crippen LogP contribution < -0.4 is 19.7 Å². The molecule has 0 atom stereocenters. The van der Waals surface area contributed by atoms with Gasteiger partial charge < -0.3 is 29.2 Å². The van der Waals surface area contributed by atoms with Crippen LogP contribution in [0, 0.1) is 5.82 Å². The van der Waals surface area contributed by atoms with Gasteiger partial charge in [-0.3, -0.25) is 4.79 Å². The molecule has 4 rings (SSSR count). The van der Waals surface area contributed by atoms with Gasteiger partial charge in [-0.1, -0.05) is 36.4 Å². The first-order valence-corrected chi connectivity index (χ1v) is 12.3. The van der Waals surface area contributed by atoms with E-state index in [1.54, 1.807) is 26.4 Å². The van der Waals surface area contributed by atoms with Gasteiger partial charge in [0.2, 0.25) is 5.91 Å². The van der Waals surface area contributed by atoms with Crippen LogP contribution in [-0.2, 0) is 27.5 Å². The molecular formula is C29H35FN2O5. The van der Waals surface area contributed by atoms with Crippen LogP contribution in [0.2, 0.25) is 0 Å². The maximum absolute atomic E-state index is 12.3. The van der Waals surface area contributed by atoms with Crippen molar-refractivity contribution in [3.63, 3.8) is 0 Å². The van der Waals surface area contributed by atoms with Crippen LogP contribution in [0.25, 0.3) is 0 Å². The summed E-state index contributed by atoms with van der Waals surface area (Å²) in [5.74, 6) is 1.39. The number of nitrogens with zero attached hydrogens (tertiary/aromatic N) is 1. The zero-order chi connectivity index (χ0) is 26.3. The number of piperazine rings is 1. The molecule has 0 bridgehead atoms. The standard InChI is InChI=1S/C21H26N2O4.C8H9FO/c1-25-19-5-2-3-6-20(19)27-14-4-13-26-16-17-7-9-18(10-8-17)23-12-11-22-15-21(23)24;1-10-6-7-2-4-8(9)5-3-7/h2-3,5-10,22H,4,11-16H2,1H3;2-5H,6H2,1H3. The van der Waals surface area contributed by atoms with E-state index in [-0.39, 0.29) is 11.7 Å². The largest absolute Gasteiger partial charge is 0.493 e. The summed E-state index contributed by atoms with van der Waals surface area (Å²) >= 11 is 0. The van der Waals surface area contributed by atoms with Gasteiger partial charge in [-0.2, -0.15) is 0 Å². The van der Waals surface area contributed by atoms with E-state index in [0.29, 0.717) is 39.5 Å². The minimum Gasteiger partial charge on any atom is -0.493 e.